The van der Waals surface area contributed by atoms with E-state index in [-0.39, 0.29) is 30.2 Å². The highest BCUT2D eigenvalue weighted by Crippen LogP contribution is 2.21. The van der Waals surface area contributed by atoms with Gasteiger partial charge in [-0.2, -0.15) is 0 Å². The van der Waals surface area contributed by atoms with Crippen LogP contribution in [-0.2, 0) is 14.3 Å². The number of nitrogens with one attached hydrogen (secondary N) is 1. The maximum Gasteiger partial charge on any atom is 0.225 e. The summed E-state index contributed by atoms with van der Waals surface area (Å²) in [6, 6.07) is 7.04. The quantitative estimate of drug-likeness (QED) is 0.871. The molecule has 1 aromatic carbocycles. The van der Waals surface area contributed by atoms with Crippen LogP contribution in [0.1, 0.15) is 24.9 Å². The summed E-state index contributed by atoms with van der Waals surface area (Å²) in [7, 11) is 1.59. The van der Waals surface area contributed by atoms with Crippen LogP contribution in [0.4, 0.5) is 0 Å². The third-order valence-corrected chi connectivity index (χ3v) is 4.14. The Morgan fingerprint density at radius 2 is 2.14 bits per heavy atom. The van der Waals surface area contributed by atoms with Crippen molar-refractivity contribution in [3.63, 3.8) is 0 Å². The lowest BCUT2D eigenvalue weighted by molar-refractivity contribution is -0.129. The SMILES string of the molecule is CCN1C[C@@H](C(=O)N[C@@H](COC)c2ccc(Cl)cc2)CC1=O. The molecule has 0 unspecified atom stereocenters. The van der Waals surface area contributed by atoms with E-state index in [2.05, 4.69) is 5.32 Å². The summed E-state index contributed by atoms with van der Waals surface area (Å²) in [6.45, 7) is 3.41. The van der Waals surface area contributed by atoms with E-state index in [0.717, 1.165) is 5.56 Å². The molecule has 1 aliphatic heterocycles. The van der Waals surface area contributed by atoms with E-state index >= 15 is 0 Å². The third kappa shape index (κ3) is 3.99. The van der Waals surface area contributed by atoms with Crippen molar-refractivity contribution in [2.24, 2.45) is 5.92 Å². The largest absolute Gasteiger partial charge is 0.382 e. The fourth-order valence-corrected chi connectivity index (χ4v) is 2.75. The second kappa shape index (κ2) is 7.61. The molecule has 1 fully saturated rings. The summed E-state index contributed by atoms with van der Waals surface area (Å²) < 4.78 is 5.19. The Labute approximate surface area is 135 Å². The van der Waals surface area contributed by atoms with Gasteiger partial charge in [0.15, 0.2) is 0 Å². The zero-order chi connectivity index (χ0) is 16.1. The lowest BCUT2D eigenvalue weighted by Crippen LogP contribution is -2.37. The van der Waals surface area contributed by atoms with Crippen molar-refractivity contribution in [3.8, 4) is 0 Å². The summed E-state index contributed by atoms with van der Waals surface area (Å²) in [5.41, 5.74) is 0.927. The molecule has 2 rings (SSSR count). The van der Waals surface area contributed by atoms with Gasteiger partial charge in [-0.15, -0.1) is 0 Å². The van der Waals surface area contributed by atoms with Gasteiger partial charge < -0.3 is 15.0 Å². The lowest BCUT2D eigenvalue weighted by Gasteiger charge is -2.21. The van der Waals surface area contributed by atoms with E-state index < -0.39 is 0 Å². The maximum absolute atomic E-state index is 12.4. The fraction of sp³-hybridized carbons (Fsp3) is 0.500. The number of ether oxygens (including phenoxy) is 1. The van der Waals surface area contributed by atoms with E-state index in [1.165, 1.54) is 0 Å². The zero-order valence-electron chi connectivity index (χ0n) is 12.8. The Balaban J connectivity index is 2.03. The molecular formula is C16H21ClN2O3. The summed E-state index contributed by atoms with van der Waals surface area (Å²) in [5.74, 6) is -0.363. The van der Waals surface area contributed by atoms with Gasteiger partial charge in [-0.3, -0.25) is 9.59 Å². The minimum absolute atomic E-state index is 0.0393. The van der Waals surface area contributed by atoms with Gasteiger partial charge in [-0.25, -0.2) is 0 Å². The van der Waals surface area contributed by atoms with E-state index in [0.29, 0.717) is 24.7 Å². The Kier molecular flexibility index (Phi) is 5.80. The Bertz CT molecular complexity index is 533. The van der Waals surface area contributed by atoms with Gasteiger partial charge in [0.1, 0.15) is 0 Å². The normalized spacial score (nSPS) is 19.3. The number of methoxy groups -OCH3 is 1. The molecule has 1 aromatic rings. The van der Waals surface area contributed by atoms with Crippen LogP contribution < -0.4 is 5.32 Å². The third-order valence-electron chi connectivity index (χ3n) is 3.89. The molecule has 2 atom stereocenters. The van der Waals surface area contributed by atoms with E-state index in [1.54, 1.807) is 24.1 Å². The molecule has 1 heterocycles. The number of nitrogens with zero attached hydrogens (tertiary/aromatic N) is 1. The van der Waals surface area contributed by atoms with Crippen LogP contribution in [-0.4, -0.2) is 43.5 Å². The van der Waals surface area contributed by atoms with Crippen LogP contribution >= 0.6 is 11.6 Å². The molecule has 5 nitrogen and oxygen atoms in total. The van der Waals surface area contributed by atoms with Crippen molar-refractivity contribution < 1.29 is 14.3 Å². The van der Waals surface area contributed by atoms with Crippen LogP contribution in [0.3, 0.4) is 0 Å². The minimum atomic E-state index is -0.292. The first-order valence-electron chi connectivity index (χ1n) is 7.37. The van der Waals surface area contributed by atoms with E-state index in [4.69, 9.17) is 16.3 Å². The lowest BCUT2D eigenvalue weighted by atomic mass is 10.0. The van der Waals surface area contributed by atoms with Crippen molar-refractivity contribution in [3.05, 3.63) is 34.9 Å². The van der Waals surface area contributed by atoms with Crippen molar-refractivity contribution >= 4 is 23.4 Å². The molecule has 6 heteroatoms. The van der Waals surface area contributed by atoms with E-state index in [9.17, 15) is 9.59 Å². The Hall–Kier alpha value is -1.59. The van der Waals surface area contributed by atoms with Gasteiger partial charge in [0.2, 0.25) is 11.8 Å². The average molecular weight is 325 g/mol. The van der Waals surface area contributed by atoms with E-state index in [1.807, 2.05) is 19.1 Å². The maximum atomic E-state index is 12.4. The number of hydrogen-bond donors (Lipinski definition) is 1. The smallest absolute Gasteiger partial charge is 0.225 e. The Morgan fingerprint density at radius 1 is 1.45 bits per heavy atom. The van der Waals surface area contributed by atoms with Gasteiger partial charge >= 0.3 is 0 Å². The number of hydrogen-bond acceptors (Lipinski definition) is 3. The highest BCUT2D eigenvalue weighted by molar-refractivity contribution is 6.30. The molecule has 0 radical (unpaired) electrons. The van der Waals surface area contributed by atoms with Gasteiger partial charge in [0, 0.05) is 31.6 Å². The molecule has 0 bridgehead atoms. The first-order chi connectivity index (χ1) is 10.5. The number of likely N-dealkylation sites (tertiary alicyclic amines) is 1. The van der Waals surface area contributed by atoms with Crippen molar-refractivity contribution in [1.29, 1.82) is 0 Å². The van der Waals surface area contributed by atoms with Crippen molar-refractivity contribution in [2.45, 2.75) is 19.4 Å². The van der Waals surface area contributed by atoms with Crippen LogP contribution in [0, 0.1) is 5.92 Å². The number of rotatable bonds is 6. The molecule has 0 saturated carbocycles. The van der Waals surface area contributed by atoms with Crippen molar-refractivity contribution in [1.82, 2.24) is 10.2 Å². The Morgan fingerprint density at radius 3 is 2.68 bits per heavy atom. The predicted molar refractivity (Wildman–Crippen MR) is 84.6 cm³/mol. The molecule has 0 aromatic heterocycles. The number of carbonyl (C=O) groups is 2. The first-order valence-corrected chi connectivity index (χ1v) is 7.75. The highest BCUT2D eigenvalue weighted by atomic mass is 35.5. The van der Waals surface area contributed by atoms with Crippen molar-refractivity contribution in [2.75, 3.05) is 26.8 Å². The molecule has 1 N–H and O–H groups in total. The van der Waals surface area contributed by atoms with Gasteiger partial charge in [0.25, 0.3) is 0 Å². The van der Waals surface area contributed by atoms with Crippen LogP contribution in [0.15, 0.2) is 24.3 Å². The predicted octanol–water partition coefficient (Wildman–Crippen LogP) is 2.01. The molecule has 1 aliphatic rings. The summed E-state index contributed by atoms with van der Waals surface area (Å²) >= 11 is 5.89. The molecule has 2 amide bonds. The van der Waals surface area contributed by atoms with Crippen LogP contribution in [0.2, 0.25) is 5.02 Å². The topological polar surface area (TPSA) is 58.6 Å². The summed E-state index contributed by atoms with van der Waals surface area (Å²) in [6.07, 6.45) is 0.278. The van der Waals surface area contributed by atoms with Gasteiger partial charge in [-0.1, -0.05) is 23.7 Å². The number of benzene rings is 1. The second-order valence-corrected chi connectivity index (χ2v) is 5.84. The average Bonchev–Trinajstić information content (AvgIpc) is 2.89. The molecule has 0 aliphatic carbocycles. The standard InChI is InChI=1S/C16H21ClN2O3/c1-3-19-9-12(8-15(19)20)16(21)18-14(10-22-2)11-4-6-13(17)7-5-11/h4-7,12,14H,3,8-10H2,1-2H3,(H,18,21)/t12-,14-/m0/s1. The number of halogens is 1. The highest BCUT2D eigenvalue weighted by Gasteiger charge is 2.34. The van der Waals surface area contributed by atoms with Crippen LogP contribution in [0.5, 0.6) is 0 Å². The molecule has 1 saturated heterocycles. The molecule has 0 spiro atoms. The number of amides is 2. The molecule has 120 valence electrons. The monoisotopic (exact) mass is 324 g/mol. The molecule has 22 heavy (non-hydrogen) atoms. The van der Waals surface area contributed by atoms with Gasteiger partial charge in [-0.05, 0) is 24.6 Å². The second-order valence-electron chi connectivity index (χ2n) is 5.40. The van der Waals surface area contributed by atoms with Gasteiger partial charge in [0.05, 0.1) is 18.6 Å². The summed E-state index contributed by atoms with van der Waals surface area (Å²) in [5, 5.41) is 3.62. The summed E-state index contributed by atoms with van der Waals surface area (Å²) in [4.78, 5) is 25.9. The number of carbonyl (C=O) groups excluding carboxylic acids is 2. The van der Waals surface area contributed by atoms with Crippen LogP contribution in [0.25, 0.3) is 0 Å². The zero-order valence-corrected chi connectivity index (χ0v) is 13.6. The molecular weight excluding hydrogens is 304 g/mol. The minimum Gasteiger partial charge on any atom is -0.382 e. The first kappa shape index (κ1) is 16.8. The fourth-order valence-electron chi connectivity index (χ4n) is 2.63.